The van der Waals surface area contributed by atoms with Crippen molar-refractivity contribution >= 4 is 0 Å². The Morgan fingerprint density at radius 1 is 1.36 bits per heavy atom. The molecule has 0 bridgehead atoms. The van der Waals surface area contributed by atoms with Gasteiger partial charge in [0.25, 0.3) is 0 Å². The van der Waals surface area contributed by atoms with Gasteiger partial charge in [-0.2, -0.15) is 7.05 Å². The molecule has 0 aliphatic rings. The zero-order chi connectivity index (χ0) is 8.41. The molecule has 0 saturated carbocycles. The van der Waals surface area contributed by atoms with Gasteiger partial charge in [0.1, 0.15) is 0 Å². The molecule has 0 rings (SSSR count). The average molecular weight is 181 g/mol. The molecule has 0 aromatic carbocycles. The molecule has 0 atom stereocenters. The molecule has 0 spiro atoms. The van der Waals surface area contributed by atoms with Crippen molar-refractivity contribution in [3.05, 3.63) is 17.0 Å². The zero-order valence-electron chi connectivity index (χ0n) is 8.94. The van der Waals surface area contributed by atoms with Crippen LogP contribution in [0.4, 0.5) is 0 Å². The fourth-order valence-electron chi connectivity index (χ4n) is 0.432. The van der Waals surface area contributed by atoms with Gasteiger partial charge in [-0.05, 0) is 13.8 Å². The van der Waals surface area contributed by atoms with Gasteiger partial charge in [-0.1, -0.05) is 31.9 Å². The summed E-state index contributed by atoms with van der Waals surface area (Å²) in [5.41, 5.74) is 1.43. The van der Waals surface area contributed by atoms with Gasteiger partial charge >= 0.3 is 51.4 Å². The second-order valence-corrected chi connectivity index (χ2v) is 1.92. The SMILES string of the molecule is C/C=C(/C)CC[N-]C.CC.[K+]. The molecule has 0 amide bonds. The Hall–Kier alpha value is 1.34. The average Bonchev–Trinajstić information content (AvgIpc) is 2.04. The molecule has 11 heavy (non-hydrogen) atoms. The molecule has 0 aromatic rings. The van der Waals surface area contributed by atoms with Gasteiger partial charge in [-0.3, -0.25) is 0 Å². The minimum atomic E-state index is 0. The summed E-state index contributed by atoms with van der Waals surface area (Å²) in [6, 6.07) is 0. The van der Waals surface area contributed by atoms with Crippen molar-refractivity contribution in [1.82, 2.24) is 0 Å². The summed E-state index contributed by atoms with van der Waals surface area (Å²) in [5, 5.41) is 3.98. The van der Waals surface area contributed by atoms with E-state index in [1.807, 2.05) is 20.9 Å². The van der Waals surface area contributed by atoms with Crippen LogP contribution in [0.1, 0.15) is 34.1 Å². The first-order valence-corrected chi connectivity index (χ1v) is 3.98. The third kappa shape index (κ3) is 18.4. The maximum Gasteiger partial charge on any atom is 1.00 e. The maximum absolute atomic E-state index is 3.98. The van der Waals surface area contributed by atoms with Crippen molar-refractivity contribution < 1.29 is 51.4 Å². The minimum absolute atomic E-state index is 0. The standard InChI is InChI=1S/C7H14N.C2H6.K/c1-4-7(2)5-6-8-3;1-2;/h4H,5-6H2,1-3H3;1-2H3;/q-1;;+1/b7-4-;;. The van der Waals surface area contributed by atoms with Crippen LogP contribution in [0.15, 0.2) is 11.6 Å². The Labute approximate surface area is 114 Å². The Bertz CT molecular complexity index is 79.6. The summed E-state index contributed by atoms with van der Waals surface area (Å²) >= 11 is 0. The molecular formula is C9H20KN. The van der Waals surface area contributed by atoms with E-state index in [9.17, 15) is 0 Å². The van der Waals surface area contributed by atoms with E-state index >= 15 is 0 Å². The van der Waals surface area contributed by atoms with Crippen LogP contribution < -0.4 is 51.4 Å². The molecule has 0 unspecified atom stereocenters. The molecule has 0 heterocycles. The third-order valence-electron chi connectivity index (χ3n) is 1.22. The van der Waals surface area contributed by atoms with Crippen molar-refractivity contribution in [3.63, 3.8) is 0 Å². The Kier molecular flexibility index (Phi) is 28.8. The first-order chi connectivity index (χ1) is 4.81. The number of hydrogen-bond acceptors (Lipinski definition) is 0. The van der Waals surface area contributed by atoms with Crippen LogP contribution in [0.3, 0.4) is 0 Å². The number of rotatable bonds is 3. The molecule has 1 nitrogen and oxygen atoms in total. The molecule has 0 fully saturated rings. The van der Waals surface area contributed by atoms with E-state index in [2.05, 4.69) is 25.2 Å². The van der Waals surface area contributed by atoms with Crippen LogP contribution >= 0.6 is 0 Å². The molecule has 0 aromatic heterocycles. The van der Waals surface area contributed by atoms with Gasteiger partial charge in [0.2, 0.25) is 0 Å². The van der Waals surface area contributed by atoms with Crippen LogP contribution in [0, 0.1) is 0 Å². The molecule has 2 heteroatoms. The quantitative estimate of drug-likeness (QED) is 0.441. The Morgan fingerprint density at radius 2 is 1.82 bits per heavy atom. The van der Waals surface area contributed by atoms with E-state index in [-0.39, 0.29) is 51.4 Å². The fourth-order valence-corrected chi connectivity index (χ4v) is 0.432. The van der Waals surface area contributed by atoms with Crippen LogP contribution in [-0.4, -0.2) is 13.6 Å². The first-order valence-electron chi connectivity index (χ1n) is 3.98. The predicted molar refractivity (Wildman–Crippen MR) is 49.5 cm³/mol. The van der Waals surface area contributed by atoms with Crippen molar-refractivity contribution in [2.24, 2.45) is 0 Å². The number of nitrogens with zero attached hydrogens (tertiary/aromatic N) is 1. The normalized spacial score (nSPS) is 9.36. The predicted octanol–water partition coefficient (Wildman–Crippen LogP) is 0.376. The zero-order valence-corrected chi connectivity index (χ0v) is 12.1. The molecule has 0 aliphatic carbocycles. The molecule has 0 aliphatic heterocycles. The summed E-state index contributed by atoms with van der Waals surface area (Å²) < 4.78 is 0. The van der Waals surface area contributed by atoms with E-state index in [0.717, 1.165) is 13.0 Å². The topological polar surface area (TPSA) is 14.1 Å². The van der Waals surface area contributed by atoms with E-state index < -0.39 is 0 Å². The summed E-state index contributed by atoms with van der Waals surface area (Å²) in [6.07, 6.45) is 3.25. The van der Waals surface area contributed by atoms with Crippen molar-refractivity contribution in [3.8, 4) is 0 Å². The number of allylic oxidation sites excluding steroid dienone is 1. The minimum Gasteiger partial charge on any atom is -0.665 e. The Balaban J connectivity index is -0.000000196. The summed E-state index contributed by atoms with van der Waals surface area (Å²) in [7, 11) is 1.85. The Morgan fingerprint density at radius 3 is 2.09 bits per heavy atom. The fraction of sp³-hybridized carbons (Fsp3) is 0.778. The molecule has 0 N–H and O–H groups in total. The molecule has 0 saturated heterocycles. The molecular weight excluding hydrogens is 161 g/mol. The maximum atomic E-state index is 3.98. The van der Waals surface area contributed by atoms with Gasteiger partial charge < -0.3 is 5.32 Å². The second-order valence-electron chi connectivity index (χ2n) is 1.92. The first kappa shape index (κ1) is 18.2. The van der Waals surface area contributed by atoms with Gasteiger partial charge in [0.15, 0.2) is 0 Å². The smallest absolute Gasteiger partial charge is 0.665 e. The van der Waals surface area contributed by atoms with E-state index in [0.29, 0.717) is 0 Å². The van der Waals surface area contributed by atoms with Gasteiger partial charge in [0.05, 0.1) is 0 Å². The largest absolute Gasteiger partial charge is 1.00 e. The summed E-state index contributed by atoms with van der Waals surface area (Å²) in [6.45, 7) is 9.16. The van der Waals surface area contributed by atoms with E-state index in [1.165, 1.54) is 5.57 Å². The van der Waals surface area contributed by atoms with E-state index in [1.54, 1.807) is 0 Å². The summed E-state index contributed by atoms with van der Waals surface area (Å²) in [4.78, 5) is 0. The van der Waals surface area contributed by atoms with Crippen molar-refractivity contribution in [2.45, 2.75) is 34.1 Å². The van der Waals surface area contributed by atoms with Crippen molar-refractivity contribution in [1.29, 1.82) is 0 Å². The van der Waals surface area contributed by atoms with Gasteiger partial charge in [-0.15, -0.1) is 6.54 Å². The molecule has 0 radical (unpaired) electrons. The number of hydrogen-bond donors (Lipinski definition) is 0. The van der Waals surface area contributed by atoms with Gasteiger partial charge in [0, 0.05) is 0 Å². The van der Waals surface area contributed by atoms with Crippen LogP contribution in [0.5, 0.6) is 0 Å². The van der Waals surface area contributed by atoms with Crippen LogP contribution in [0.2, 0.25) is 0 Å². The molecule has 62 valence electrons. The van der Waals surface area contributed by atoms with Crippen molar-refractivity contribution in [2.75, 3.05) is 13.6 Å². The second kappa shape index (κ2) is 17.4. The van der Waals surface area contributed by atoms with E-state index in [4.69, 9.17) is 0 Å². The van der Waals surface area contributed by atoms with Crippen LogP contribution in [0.25, 0.3) is 5.32 Å². The van der Waals surface area contributed by atoms with Crippen LogP contribution in [-0.2, 0) is 0 Å². The summed E-state index contributed by atoms with van der Waals surface area (Å²) in [5.74, 6) is 0. The third-order valence-corrected chi connectivity index (χ3v) is 1.22. The van der Waals surface area contributed by atoms with Gasteiger partial charge in [-0.25, -0.2) is 0 Å². The monoisotopic (exact) mass is 181 g/mol.